The first-order valence-corrected chi connectivity index (χ1v) is 9.01. The predicted molar refractivity (Wildman–Crippen MR) is 83.2 cm³/mol. The molecule has 1 aliphatic rings. The molecule has 0 unspecified atom stereocenters. The topological polar surface area (TPSA) is 61.2 Å². The van der Waals surface area contributed by atoms with Crippen LogP contribution in [0.5, 0.6) is 0 Å². The van der Waals surface area contributed by atoms with Crippen molar-refractivity contribution in [3.63, 3.8) is 0 Å². The predicted octanol–water partition coefficient (Wildman–Crippen LogP) is 2.89. The summed E-state index contributed by atoms with van der Waals surface area (Å²) in [6.45, 7) is 3.96. The number of hydrogen-bond acceptors (Lipinski definition) is 3. The fourth-order valence-corrected chi connectivity index (χ4v) is 5.34. The molecule has 1 aliphatic heterocycles. The summed E-state index contributed by atoms with van der Waals surface area (Å²) >= 11 is 0. The average molecular weight is 306 g/mol. The van der Waals surface area contributed by atoms with E-state index in [-0.39, 0.29) is 30.2 Å². The molecule has 0 N–H and O–H groups in total. The summed E-state index contributed by atoms with van der Waals surface area (Å²) in [5.41, 5.74) is 1.20. The van der Waals surface area contributed by atoms with Gasteiger partial charge in [0.1, 0.15) is 0 Å². The minimum atomic E-state index is -3.29. The zero-order valence-electron chi connectivity index (χ0n) is 12.6. The Kier molecular flexibility index (Phi) is 5.02. The van der Waals surface area contributed by atoms with Gasteiger partial charge in [0, 0.05) is 24.4 Å². The smallest absolute Gasteiger partial charge is 0.212 e. The number of sulfonamides is 1. The molecule has 0 aliphatic carbocycles. The molecule has 0 amide bonds. The molecule has 21 heavy (non-hydrogen) atoms. The van der Waals surface area contributed by atoms with Crippen molar-refractivity contribution < 1.29 is 8.42 Å². The van der Waals surface area contributed by atoms with Crippen LogP contribution in [0.15, 0.2) is 30.3 Å². The molecule has 0 bridgehead atoms. The lowest BCUT2D eigenvalue weighted by molar-refractivity contribution is 0.343. The van der Waals surface area contributed by atoms with Crippen molar-refractivity contribution in [2.24, 2.45) is 0 Å². The van der Waals surface area contributed by atoms with Crippen molar-refractivity contribution >= 4 is 10.0 Å². The summed E-state index contributed by atoms with van der Waals surface area (Å²) < 4.78 is 26.7. The van der Waals surface area contributed by atoms with Gasteiger partial charge in [0.15, 0.2) is 0 Å². The zero-order valence-corrected chi connectivity index (χ0v) is 13.4. The Morgan fingerprint density at radius 2 is 1.95 bits per heavy atom. The highest BCUT2D eigenvalue weighted by atomic mass is 32.2. The number of benzene rings is 1. The van der Waals surface area contributed by atoms with Crippen LogP contribution in [-0.2, 0) is 10.0 Å². The molecule has 5 heteroatoms. The second-order valence-corrected chi connectivity index (χ2v) is 7.74. The van der Waals surface area contributed by atoms with Crippen LogP contribution in [0.1, 0.15) is 44.6 Å². The average Bonchev–Trinajstić information content (AvgIpc) is 2.75. The molecule has 1 fully saturated rings. The monoisotopic (exact) mass is 306 g/mol. The molecule has 0 radical (unpaired) electrons. The Hall–Kier alpha value is -1.38. The van der Waals surface area contributed by atoms with Gasteiger partial charge in [-0.05, 0) is 32.3 Å². The van der Waals surface area contributed by atoms with Gasteiger partial charge in [-0.15, -0.1) is 0 Å². The standard InChI is InChI=1S/C16H22N2O2S/c1-13-12-16(15-8-4-3-5-9-15)14(2)18(13)21(19,20)11-7-6-10-17/h3-5,8-9,13-14,16H,6-7,11-12H2,1-2H3/t13-,14+,16-/m1/s1. The molecule has 114 valence electrons. The molecule has 0 spiro atoms. The molecule has 0 aromatic heterocycles. The van der Waals surface area contributed by atoms with E-state index in [1.807, 2.05) is 38.1 Å². The van der Waals surface area contributed by atoms with Gasteiger partial charge < -0.3 is 0 Å². The Balaban J connectivity index is 2.17. The SMILES string of the molecule is C[C@@H]1C[C@@H](c2ccccc2)[C@H](C)N1S(=O)(=O)CCCC#N. The fourth-order valence-electron chi connectivity index (χ4n) is 3.33. The van der Waals surface area contributed by atoms with Crippen molar-refractivity contribution in [1.29, 1.82) is 5.26 Å². The third-order valence-electron chi connectivity index (χ3n) is 4.25. The minimum Gasteiger partial charge on any atom is -0.212 e. The Bertz CT molecular complexity index is 607. The second kappa shape index (κ2) is 6.59. The molecule has 0 saturated carbocycles. The van der Waals surface area contributed by atoms with Gasteiger partial charge in [0.05, 0.1) is 11.8 Å². The molecule has 1 heterocycles. The normalized spacial score (nSPS) is 26.6. The van der Waals surface area contributed by atoms with Crippen LogP contribution in [0.4, 0.5) is 0 Å². The van der Waals surface area contributed by atoms with Gasteiger partial charge in [-0.1, -0.05) is 30.3 Å². The van der Waals surface area contributed by atoms with Gasteiger partial charge in [0.25, 0.3) is 0 Å². The highest BCUT2D eigenvalue weighted by Gasteiger charge is 2.42. The van der Waals surface area contributed by atoms with E-state index in [1.54, 1.807) is 4.31 Å². The van der Waals surface area contributed by atoms with Crippen LogP contribution in [0, 0.1) is 11.3 Å². The first kappa shape index (κ1) is 16.0. The van der Waals surface area contributed by atoms with E-state index in [2.05, 4.69) is 12.1 Å². The second-order valence-electron chi connectivity index (χ2n) is 5.75. The lowest BCUT2D eigenvalue weighted by Crippen LogP contribution is -2.40. The molecular weight excluding hydrogens is 284 g/mol. The first-order chi connectivity index (χ1) is 9.97. The van der Waals surface area contributed by atoms with Crippen LogP contribution in [-0.4, -0.2) is 30.6 Å². The maximum Gasteiger partial charge on any atom is 0.214 e. The molecule has 1 saturated heterocycles. The van der Waals surface area contributed by atoms with E-state index >= 15 is 0 Å². The molecule has 1 aromatic carbocycles. The first-order valence-electron chi connectivity index (χ1n) is 7.40. The maximum absolute atomic E-state index is 12.5. The molecule has 1 aromatic rings. The third kappa shape index (κ3) is 3.45. The van der Waals surface area contributed by atoms with E-state index in [0.717, 1.165) is 6.42 Å². The van der Waals surface area contributed by atoms with Crippen molar-refractivity contribution in [2.75, 3.05) is 5.75 Å². The van der Waals surface area contributed by atoms with E-state index in [9.17, 15) is 8.42 Å². The number of nitrogens with zero attached hydrogens (tertiary/aromatic N) is 2. The van der Waals surface area contributed by atoms with Gasteiger partial charge in [-0.3, -0.25) is 0 Å². The summed E-state index contributed by atoms with van der Waals surface area (Å²) in [5.74, 6) is 0.309. The van der Waals surface area contributed by atoms with Crippen LogP contribution < -0.4 is 0 Å². The highest BCUT2D eigenvalue weighted by Crippen LogP contribution is 2.39. The molecule has 2 rings (SSSR count). The van der Waals surface area contributed by atoms with Crippen LogP contribution in [0.25, 0.3) is 0 Å². The van der Waals surface area contributed by atoms with Crippen molar-refractivity contribution in [1.82, 2.24) is 4.31 Å². The molecule has 3 atom stereocenters. The van der Waals surface area contributed by atoms with Gasteiger partial charge in [-0.2, -0.15) is 9.57 Å². The van der Waals surface area contributed by atoms with Gasteiger partial charge in [0.2, 0.25) is 10.0 Å². The third-order valence-corrected chi connectivity index (χ3v) is 6.39. The fraction of sp³-hybridized carbons (Fsp3) is 0.562. The number of rotatable bonds is 5. The number of hydrogen-bond donors (Lipinski definition) is 0. The summed E-state index contributed by atoms with van der Waals surface area (Å²) in [6.07, 6.45) is 1.55. The van der Waals surface area contributed by atoms with Crippen LogP contribution >= 0.6 is 0 Å². The minimum absolute atomic E-state index is 0.0114. The zero-order chi connectivity index (χ0) is 15.5. The van der Waals surface area contributed by atoms with E-state index < -0.39 is 10.0 Å². The summed E-state index contributed by atoms with van der Waals surface area (Å²) in [7, 11) is -3.29. The van der Waals surface area contributed by atoms with Gasteiger partial charge >= 0.3 is 0 Å². The van der Waals surface area contributed by atoms with E-state index in [0.29, 0.717) is 6.42 Å². The highest BCUT2D eigenvalue weighted by molar-refractivity contribution is 7.89. The van der Waals surface area contributed by atoms with E-state index in [1.165, 1.54) is 5.56 Å². The quantitative estimate of drug-likeness (QED) is 0.786. The number of nitriles is 1. The maximum atomic E-state index is 12.5. The van der Waals surface area contributed by atoms with Crippen LogP contribution in [0.3, 0.4) is 0 Å². The largest absolute Gasteiger partial charge is 0.214 e. The van der Waals surface area contributed by atoms with Gasteiger partial charge in [-0.25, -0.2) is 8.42 Å². The summed E-state index contributed by atoms with van der Waals surface area (Å²) in [5, 5.41) is 8.56. The molecule has 4 nitrogen and oxygen atoms in total. The van der Waals surface area contributed by atoms with E-state index in [4.69, 9.17) is 5.26 Å². The lowest BCUT2D eigenvalue weighted by Gasteiger charge is -2.27. The summed E-state index contributed by atoms with van der Waals surface area (Å²) in [4.78, 5) is 0. The Morgan fingerprint density at radius 3 is 2.57 bits per heavy atom. The summed E-state index contributed by atoms with van der Waals surface area (Å²) in [6, 6.07) is 12.1. The Morgan fingerprint density at radius 1 is 1.29 bits per heavy atom. The number of unbranched alkanes of at least 4 members (excludes halogenated alkanes) is 1. The van der Waals surface area contributed by atoms with Crippen molar-refractivity contribution in [3.05, 3.63) is 35.9 Å². The lowest BCUT2D eigenvalue weighted by atomic mass is 9.92. The van der Waals surface area contributed by atoms with Crippen LogP contribution in [0.2, 0.25) is 0 Å². The Labute approximate surface area is 127 Å². The van der Waals surface area contributed by atoms with Crippen molar-refractivity contribution in [3.8, 4) is 6.07 Å². The molecular formula is C16H22N2O2S. The van der Waals surface area contributed by atoms with Crippen molar-refractivity contribution in [2.45, 2.75) is 51.1 Å².